The number of methoxy groups -OCH3 is 2. The van der Waals surface area contributed by atoms with Crippen LogP contribution in [-0.2, 0) is 32.6 Å². The number of amides is 2. The fourth-order valence-corrected chi connectivity index (χ4v) is 6.79. The molecule has 4 aromatic rings. The molecule has 0 radical (unpaired) electrons. The van der Waals surface area contributed by atoms with Gasteiger partial charge in [-0.25, -0.2) is 8.42 Å². The maximum atomic E-state index is 14.6. The van der Waals surface area contributed by atoms with Crippen molar-refractivity contribution in [3.63, 3.8) is 0 Å². The summed E-state index contributed by atoms with van der Waals surface area (Å²) in [5.41, 5.74) is 1.60. The van der Waals surface area contributed by atoms with E-state index in [1.54, 1.807) is 42.5 Å². The SMILES string of the molecule is COc1ccc(N(CC(=O)N(Cc2ccc(Cl)c(Cl)c2)[C@@H](Cc2ccccc2)C(=O)NCC(C)C)S(=O)(=O)c2ccccc2)cc1OC. The first-order valence-electron chi connectivity index (χ1n) is 15.3. The van der Waals surface area contributed by atoms with E-state index in [-0.39, 0.29) is 46.1 Å². The lowest BCUT2D eigenvalue weighted by Gasteiger charge is -2.34. The molecule has 0 aliphatic rings. The first-order chi connectivity index (χ1) is 22.9. The molecule has 4 aromatic carbocycles. The molecule has 0 unspecified atom stereocenters. The number of nitrogens with one attached hydrogen (secondary N) is 1. The van der Waals surface area contributed by atoms with E-state index in [9.17, 15) is 18.0 Å². The van der Waals surface area contributed by atoms with E-state index in [1.807, 2.05) is 44.2 Å². The number of carbonyl (C=O) groups is 2. The number of anilines is 1. The highest BCUT2D eigenvalue weighted by Crippen LogP contribution is 2.34. The maximum absolute atomic E-state index is 14.6. The minimum absolute atomic E-state index is 0.0147. The molecule has 0 bridgehead atoms. The summed E-state index contributed by atoms with van der Waals surface area (Å²) in [5, 5.41) is 3.59. The van der Waals surface area contributed by atoms with Gasteiger partial charge in [0.25, 0.3) is 10.0 Å². The molecule has 0 heterocycles. The normalized spacial score (nSPS) is 11.9. The van der Waals surface area contributed by atoms with E-state index in [0.717, 1.165) is 9.87 Å². The third kappa shape index (κ3) is 9.21. The average molecular weight is 713 g/mol. The molecule has 2 amide bonds. The fraction of sp³-hybridized carbons (Fsp3) is 0.278. The van der Waals surface area contributed by atoms with Crippen molar-refractivity contribution in [2.45, 2.75) is 37.8 Å². The molecule has 0 spiro atoms. The van der Waals surface area contributed by atoms with Crippen LogP contribution in [0.4, 0.5) is 5.69 Å². The van der Waals surface area contributed by atoms with E-state index in [0.29, 0.717) is 22.9 Å². The first-order valence-corrected chi connectivity index (χ1v) is 17.5. The van der Waals surface area contributed by atoms with Crippen LogP contribution in [0.3, 0.4) is 0 Å². The summed E-state index contributed by atoms with van der Waals surface area (Å²) >= 11 is 12.5. The van der Waals surface area contributed by atoms with E-state index < -0.39 is 28.5 Å². The molecule has 4 rings (SSSR count). The van der Waals surface area contributed by atoms with Gasteiger partial charge in [-0.3, -0.25) is 13.9 Å². The Balaban J connectivity index is 1.84. The van der Waals surface area contributed by atoms with Gasteiger partial charge in [0.2, 0.25) is 11.8 Å². The smallest absolute Gasteiger partial charge is 0.264 e. The number of benzene rings is 4. The van der Waals surface area contributed by atoms with Crippen LogP contribution >= 0.6 is 23.2 Å². The molecule has 0 aliphatic carbocycles. The minimum Gasteiger partial charge on any atom is -0.493 e. The number of ether oxygens (including phenoxy) is 2. The highest BCUT2D eigenvalue weighted by atomic mass is 35.5. The Morgan fingerprint density at radius 3 is 2.04 bits per heavy atom. The van der Waals surface area contributed by atoms with E-state index in [2.05, 4.69) is 5.32 Å². The molecule has 0 saturated carbocycles. The van der Waals surface area contributed by atoms with Crippen molar-refractivity contribution in [1.29, 1.82) is 0 Å². The van der Waals surface area contributed by atoms with Crippen molar-refractivity contribution in [1.82, 2.24) is 10.2 Å². The molecule has 0 aromatic heterocycles. The van der Waals surface area contributed by atoms with Crippen LogP contribution in [-0.4, -0.2) is 58.5 Å². The van der Waals surface area contributed by atoms with Gasteiger partial charge >= 0.3 is 0 Å². The van der Waals surface area contributed by atoms with E-state index in [1.165, 1.54) is 43.4 Å². The lowest BCUT2D eigenvalue weighted by Crippen LogP contribution is -2.53. The topological polar surface area (TPSA) is 105 Å². The lowest BCUT2D eigenvalue weighted by atomic mass is 10.0. The van der Waals surface area contributed by atoms with Crippen LogP contribution in [0.1, 0.15) is 25.0 Å². The molecule has 254 valence electrons. The van der Waals surface area contributed by atoms with Gasteiger partial charge in [0.15, 0.2) is 11.5 Å². The number of hydrogen-bond acceptors (Lipinski definition) is 6. The number of rotatable bonds is 15. The van der Waals surface area contributed by atoms with Gasteiger partial charge in [-0.1, -0.05) is 91.6 Å². The van der Waals surface area contributed by atoms with Crippen LogP contribution < -0.4 is 19.1 Å². The summed E-state index contributed by atoms with van der Waals surface area (Å²) in [6.07, 6.45) is 0.180. The molecule has 1 atom stereocenters. The molecular weight excluding hydrogens is 673 g/mol. The molecule has 48 heavy (non-hydrogen) atoms. The zero-order valence-electron chi connectivity index (χ0n) is 27.2. The van der Waals surface area contributed by atoms with Crippen molar-refractivity contribution < 1.29 is 27.5 Å². The number of sulfonamides is 1. The van der Waals surface area contributed by atoms with Crippen LogP contribution in [0.2, 0.25) is 10.0 Å². The van der Waals surface area contributed by atoms with Gasteiger partial charge in [0, 0.05) is 25.6 Å². The molecule has 1 N–H and O–H groups in total. The predicted octanol–water partition coefficient (Wildman–Crippen LogP) is 6.62. The Morgan fingerprint density at radius 2 is 1.44 bits per heavy atom. The maximum Gasteiger partial charge on any atom is 0.264 e. The van der Waals surface area contributed by atoms with E-state index >= 15 is 0 Å². The molecular formula is C36H39Cl2N3O6S. The van der Waals surface area contributed by atoms with Gasteiger partial charge < -0.3 is 19.7 Å². The summed E-state index contributed by atoms with van der Waals surface area (Å²) < 4.78 is 40.3. The second-order valence-electron chi connectivity index (χ2n) is 11.5. The molecule has 0 aliphatic heterocycles. The summed E-state index contributed by atoms with van der Waals surface area (Å²) in [6.45, 7) is 3.66. The van der Waals surface area contributed by atoms with Crippen molar-refractivity contribution in [3.8, 4) is 11.5 Å². The third-order valence-corrected chi connectivity index (χ3v) is 10.1. The van der Waals surface area contributed by atoms with Crippen LogP contribution in [0.5, 0.6) is 11.5 Å². The monoisotopic (exact) mass is 711 g/mol. The Hall–Kier alpha value is -4.25. The molecule has 0 fully saturated rings. The summed E-state index contributed by atoms with van der Waals surface area (Å²) in [4.78, 5) is 29.9. The Bertz CT molecular complexity index is 1810. The summed E-state index contributed by atoms with van der Waals surface area (Å²) in [7, 11) is -1.38. The predicted molar refractivity (Wildman–Crippen MR) is 189 cm³/mol. The Morgan fingerprint density at radius 1 is 0.792 bits per heavy atom. The number of nitrogens with zero attached hydrogens (tertiary/aromatic N) is 2. The zero-order valence-corrected chi connectivity index (χ0v) is 29.6. The van der Waals surface area contributed by atoms with Gasteiger partial charge in [0.1, 0.15) is 12.6 Å². The van der Waals surface area contributed by atoms with Crippen molar-refractivity contribution in [3.05, 3.63) is 118 Å². The highest BCUT2D eigenvalue weighted by molar-refractivity contribution is 7.92. The number of carbonyl (C=O) groups excluding carboxylic acids is 2. The van der Waals surface area contributed by atoms with Crippen molar-refractivity contribution >= 4 is 50.7 Å². The Kier molecular flexibility index (Phi) is 12.7. The van der Waals surface area contributed by atoms with Crippen LogP contribution in [0.25, 0.3) is 0 Å². The van der Waals surface area contributed by atoms with Crippen molar-refractivity contribution in [2.24, 2.45) is 5.92 Å². The zero-order chi connectivity index (χ0) is 34.8. The first kappa shape index (κ1) is 36.6. The van der Waals surface area contributed by atoms with Gasteiger partial charge in [0.05, 0.1) is 34.8 Å². The average Bonchev–Trinajstić information content (AvgIpc) is 3.09. The van der Waals surface area contributed by atoms with Gasteiger partial charge in [-0.05, 0) is 53.4 Å². The second kappa shape index (κ2) is 16.7. The largest absolute Gasteiger partial charge is 0.493 e. The lowest BCUT2D eigenvalue weighted by molar-refractivity contribution is -0.140. The van der Waals surface area contributed by atoms with Crippen molar-refractivity contribution in [2.75, 3.05) is 31.6 Å². The third-order valence-electron chi connectivity index (χ3n) is 7.56. The van der Waals surface area contributed by atoms with E-state index in [4.69, 9.17) is 32.7 Å². The fourth-order valence-electron chi connectivity index (χ4n) is 5.04. The number of hydrogen-bond donors (Lipinski definition) is 1. The molecule has 12 heteroatoms. The highest BCUT2D eigenvalue weighted by Gasteiger charge is 2.35. The van der Waals surface area contributed by atoms with Gasteiger partial charge in [-0.2, -0.15) is 0 Å². The molecule has 9 nitrogen and oxygen atoms in total. The Labute approximate surface area is 292 Å². The van der Waals surface area contributed by atoms with Crippen LogP contribution in [0.15, 0.2) is 102 Å². The summed E-state index contributed by atoms with van der Waals surface area (Å²) in [6, 6.07) is 25.7. The molecule has 0 saturated heterocycles. The minimum atomic E-state index is -4.29. The summed E-state index contributed by atoms with van der Waals surface area (Å²) in [5.74, 6) is -0.170. The van der Waals surface area contributed by atoms with Gasteiger partial charge in [-0.15, -0.1) is 0 Å². The quantitative estimate of drug-likeness (QED) is 0.149. The number of halogens is 2. The second-order valence-corrected chi connectivity index (χ2v) is 14.2. The van der Waals surface area contributed by atoms with Crippen LogP contribution in [0, 0.1) is 5.92 Å². The standard InChI is InChI=1S/C36H39Cl2N3O6S/c1-25(2)22-39-36(43)32(20-26-11-7-5-8-12-26)40(23-27-15-17-30(37)31(38)19-27)35(42)24-41(48(44,45)29-13-9-6-10-14-29)28-16-18-33(46-3)34(21-28)47-4/h5-19,21,25,32H,20,22-24H2,1-4H3,(H,39,43)/t32-/m0/s1.